The van der Waals surface area contributed by atoms with Crippen molar-refractivity contribution in [2.75, 3.05) is 19.7 Å². The van der Waals surface area contributed by atoms with E-state index in [1.165, 1.54) is 40.7 Å². The second-order valence-corrected chi connectivity index (χ2v) is 9.92. The summed E-state index contributed by atoms with van der Waals surface area (Å²) in [4.78, 5) is 24.7. The normalized spacial score (nSPS) is 15.0. The van der Waals surface area contributed by atoms with E-state index in [4.69, 9.17) is 39.5 Å². The molecule has 6 nitrogen and oxygen atoms in total. The van der Waals surface area contributed by atoms with Crippen LogP contribution >= 0.6 is 34.8 Å². The highest BCUT2D eigenvalue weighted by atomic mass is 35.5. The number of esters is 1. The van der Waals surface area contributed by atoms with Gasteiger partial charge in [0.1, 0.15) is 0 Å². The number of Topliss-reactive ketones (excluding diaryl/α,β-unsaturated/α-hetero) is 1. The molecule has 0 amide bonds. The van der Waals surface area contributed by atoms with Crippen LogP contribution in [0.2, 0.25) is 15.1 Å². The Hall–Kier alpha value is -1.64. The van der Waals surface area contributed by atoms with Gasteiger partial charge < -0.3 is 4.74 Å². The van der Waals surface area contributed by atoms with Gasteiger partial charge in [-0.3, -0.25) is 4.79 Å². The average molecular weight is 491 g/mol. The molecular formula is C20H18Cl3NO5S. The molecule has 1 fully saturated rings. The van der Waals surface area contributed by atoms with Crippen molar-refractivity contribution < 1.29 is 22.7 Å². The van der Waals surface area contributed by atoms with Gasteiger partial charge >= 0.3 is 5.97 Å². The molecule has 1 saturated heterocycles. The molecule has 1 aliphatic heterocycles. The van der Waals surface area contributed by atoms with Crippen LogP contribution in [0.15, 0.2) is 41.3 Å². The van der Waals surface area contributed by atoms with E-state index in [2.05, 4.69) is 0 Å². The standard InChI is InChI=1S/C20H18Cl3NO5S/c21-13-4-6-17(22)15(10-13)19(25)12-29-20(26)16-11-14(5-7-18(16)23)30(27,28)24-8-2-1-3-9-24/h4-7,10-11H,1-3,8-9,12H2. The van der Waals surface area contributed by atoms with Crippen molar-refractivity contribution in [2.45, 2.75) is 24.2 Å². The van der Waals surface area contributed by atoms with Gasteiger partial charge in [0.2, 0.25) is 15.8 Å². The van der Waals surface area contributed by atoms with Gasteiger partial charge in [-0.2, -0.15) is 4.31 Å². The summed E-state index contributed by atoms with van der Waals surface area (Å²) < 4.78 is 32.1. The summed E-state index contributed by atoms with van der Waals surface area (Å²) in [5.41, 5.74) is -0.0239. The van der Waals surface area contributed by atoms with Gasteiger partial charge in [-0.25, -0.2) is 13.2 Å². The van der Waals surface area contributed by atoms with Gasteiger partial charge in [-0.1, -0.05) is 41.2 Å². The number of hydrogen-bond donors (Lipinski definition) is 0. The molecule has 2 aromatic carbocycles. The zero-order chi connectivity index (χ0) is 21.9. The Morgan fingerprint density at radius 1 is 0.900 bits per heavy atom. The number of carbonyl (C=O) groups excluding carboxylic acids is 2. The van der Waals surface area contributed by atoms with Crippen LogP contribution in [0.25, 0.3) is 0 Å². The number of hydrogen-bond acceptors (Lipinski definition) is 5. The molecule has 0 radical (unpaired) electrons. The minimum atomic E-state index is -3.75. The van der Waals surface area contributed by atoms with Crippen molar-refractivity contribution in [1.29, 1.82) is 0 Å². The minimum absolute atomic E-state index is 0.0193. The predicted molar refractivity (Wildman–Crippen MR) is 115 cm³/mol. The van der Waals surface area contributed by atoms with Crippen molar-refractivity contribution in [3.8, 4) is 0 Å². The van der Waals surface area contributed by atoms with Crippen LogP contribution in [0, 0.1) is 0 Å². The molecule has 3 rings (SSSR count). The molecule has 10 heteroatoms. The molecular weight excluding hydrogens is 473 g/mol. The van der Waals surface area contributed by atoms with Crippen molar-refractivity contribution in [1.82, 2.24) is 4.31 Å². The molecule has 30 heavy (non-hydrogen) atoms. The number of benzene rings is 2. The lowest BCUT2D eigenvalue weighted by molar-refractivity contribution is 0.0474. The summed E-state index contributed by atoms with van der Waals surface area (Å²) in [6, 6.07) is 8.21. The molecule has 160 valence electrons. The SMILES string of the molecule is O=C(COC(=O)c1cc(S(=O)(=O)N2CCCCC2)ccc1Cl)c1cc(Cl)ccc1Cl. The molecule has 1 aliphatic rings. The van der Waals surface area contributed by atoms with E-state index in [1.807, 2.05) is 0 Å². The van der Waals surface area contributed by atoms with E-state index < -0.39 is 28.4 Å². The third-order valence-electron chi connectivity index (χ3n) is 4.67. The summed E-state index contributed by atoms with van der Waals surface area (Å²) >= 11 is 17.9. The maximum atomic E-state index is 12.8. The number of rotatable bonds is 6. The first-order valence-electron chi connectivity index (χ1n) is 9.15. The van der Waals surface area contributed by atoms with E-state index >= 15 is 0 Å². The first kappa shape index (κ1) is 23.0. The van der Waals surface area contributed by atoms with Crippen LogP contribution in [0.3, 0.4) is 0 Å². The fourth-order valence-electron chi connectivity index (χ4n) is 3.07. The van der Waals surface area contributed by atoms with Crippen molar-refractivity contribution in [3.05, 3.63) is 62.6 Å². The number of ether oxygens (including phenoxy) is 1. The zero-order valence-electron chi connectivity index (χ0n) is 15.7. The molecule has 2 aromatic rings. The number of sulfonamides is 1. The molecule has 0 N–H and O–H groups in total. The Labute approximate surface area is 189 Å². The summed E-state index contributed by atoms with van der Waals surface area (Å²) in [5.74, 6) is -1.47. The fraction of sp³-hybridized carbons (Fsp3) is 0.300. The van der Waals surface area contributed by atoms with Gasteiger partial charge in [-0.05, 0) is 49.2 Å². The van der Waals surface area contributed by atoms with Crippen molar-refractivity contribution in [3.63, 3.8) is 0 Å². The minimum Gasteiger partial charge on any atom is -0.454 e. The van der Waals surface area contributed by atoms with E-state index in [0.717, 1.165) is 19.3 Å². The second-order valence-electron chi connectivity index (χ2n) is 6.73. The Bertz CT molecular complexity index is 1080. The quantitative estimate of drug-likeness (QED) is 0.427. The van der Waals surface area contributed by atoms with Crippen LogP contribution in [0.5, 0.6) is 0 Å². The van der Waals surface area contributed by atoms with E-state index in [-0.39, 0.29) is 26.1 Å². The lowest BCUT2D eigenvalue weighted by atomic mass is 10.1. The lowest BCUT2D eigenvalue weighted by Gasteiger charge is -2.26. The molecule has 0 aliphatic carbocycles. The Morgan fingerprint density at radius 2 is 1.53 bits per heavy atom. The molecule has 1 heterocycles. The van der Waals surface area contributed by atoms with Gasteiger partial charge in [-0.15, -0.1) is 0 Å². The molecule has 0 unspecified atom stereocenters. The first-order valence-corrected chi connectivity index (χ1v) is 11.7. The first-order chi connectivity index (χ1) is 14.2. The predicted octanol–water partition coefficient (Wildman–Crippen LogP) is 4.86. The van der Waals surface area contributed by atoms with Gasteiger partial charge in [0.05, 0.1) is 20.5 Å². The Morgan fingerprint density at radius 3 is 2.23 bits per heavy atom. The average Bonchev–Trinajstić information content (AvgIpc) is 2.74. The molecule has 0 saturated carbocycles. The van der Waals surface area contributed by atoms with Crippen LogP contribution in [-0.4, -0.2) is 44.2 Å². The highest BCUT2D eigenvalue weighted by Gasteiger charge is 2.27. The van der Waals surface area contributed by atoms with Crippen molar-refractivity contribution >= 4 is 56.6 Å². The summed E-state index contributed by atoms with van der Waals surface area (Å²) in [7, 11) is -3.75. The van der Waals surface area contributed by atoms with Crippen LogP contribution in [0.1, 0.15) is 40.0 Å². The Kier molecular flexibility index (Phi) is 7.42. The maximum absolute atomic E-state index is 12.8. The van der Waals surface area contributed by atoms with E-state index in [9.17, 15) is 18.0 Å². The largest absolute Gasteiger partial charge is 0.454 e. The van der Waals surface area contributed by atoms with Crippen LogP contribution in [0.4, 0.5) is 0 Å². The monoisotopic (exact) mass is 489 g/mol. The van der Waals surface area contributed by atoms with E-state index in [0.29, 0.717) is 18.1 Å². The summed E-state index contributed by atoms with van der Waals surface area (Å²) in [5, 5.41) is 0.506. The van der Waals surface area contributed by atoms with Gasteiger partial charge in [0.15, 0.2) is 6.61 Å². The molecule has 0 aromatic heterocycles. The van der Waals surface area contributed by atoms with Gasteiger partial charge in [0, 0.05) is 23.7 Å². The van der Waals surface area contributed by atoms with Gasteiger partial charge in [0.25, 0.3) is 0 Å². The van der Waals surface area contributed by atoms with Crippen molar-refractivity contribution in [2.24, 2.45) is 0 Å². The highest BCUT2D eigenvalue weighted by Crippen LogP contribution is 2.26. The smallest absolute Gasteiger partial charge is 0.340 e. The third kappa shape index (κ3) is 5.15. The molecule has 0 bridgehead atoms. The third-order valence-corrected chi connectivity index (χ3v) is 7.46. The fourth-order valence-corrected chi connectivity index (χ4v) is 5.21. The molecule has 0 spiro atoms. The number of halogens is 3. The molecule has 0 atom stereocenters. The van der Waals surface area contributed by atoms with E-state index in [1.54, 1.807) is 0 Å². The Balaban J connectivity index is 1.77. The zero-order valence-corrected chi connectivity index (χ0v) is 18.8. The topological polar surface area (TPSA) is 80.8 Å². The maximum Gasteiger partial charge on any atom is 0.340 e. The second kappa shape index (κ2) is 9.66. The van der Waals surface area contributed by atoms with Crippen LogP contribution in [-0.2, 0) is 14.8 Å². The number of piperidine rings is 1. The lowest BCUT2D eigenvalue weighted by Crippen LogP contribution is -2.35. The number of ketones is 1. The number of nitrogens with zero attached hydrogens (tertiary/aromatic N) is 1. The number of carbonyl (C=O) groups is 2. The highest BCUT2D eigenvalue weighted by molar-refractivity contribution is 7.89. The van der Waals surface area contributed by atoms with Crippen LogP contribution < -0.4 is 0 Å². The summed E-state index contributed by atoms with van der Waals surface area (Å²) in [6.07, 6.45) is 2.56. The summed E-state index contributed by atoms with van der Waals surface area (Å²) in [6.45, 7) is 0.262.